The molecule has 1 nitrogen and oxygen atoms in total. The minimum atomic E-state index is 0.166. The van der Waals surface area contributed by atoms with Gasteiger partial charge in [0.2, 0.25) is 0 Å². The standard InChI is InChI=1S/C18H20O/c1-2-3-11-16-13-14-18(19)17(16)12-7-10-15-8-5-4-6-9-15/h4-10,12-14,16H,2-3,11H2,1H3/b10-7+,17-12-. The Labute approximate surface area is 115 Å². The Morgan fingerprint density at radius 2 is 2.00 bits per heavy atom. The normalized spacial score (nSPS) is 20.8. The molecule has 0 fully saturated rings. The lowest BCUT2D eigenvalue weighted by Crippen LogP contribution is -2.02. The highest BCUT2D eigenvalue weighted by molar-refractivity contribution is 6.07. The van der Waals surface area contributed by atoms with Crippen molar-refractivity contribution >= 4 is 11.9 Å². The van der Waals surface area contributed by atoms with Crippen molar-refractivity contribution in [1.29, 1.82) is 0 Å². The molecule has 1 aromatic carbocycles. The minimum absolute atomic E-state index is 0.166. The van der Waals surface area contributed by atoms with Gasteiger partial charge in [-0.05, 0) is 18.1 Å². The summed E-state index contributed by atoms with van der Waals surface area (Å²) >= 11 is 0. The molecule has 0 saturated carbocycles. The van der Waals surface area contributed by atoms with Crippen molar-refractivity contribution in [2.75, 3.05) is 0 Å². The van der Waals surface area contributed by atoms with Crippen molar-refractivity contribution in [1.82, 2.24) is 0 Å². The Bertz CT molecular complexity index is 506. The number of carbonyl (C=O) groups excluding carboxylic acids is 1. The van der Waals surface area contributed by atoms with Crippen LogP contribution in [-0.2, 0) is 4.79 Å². The SMILES string of the molecule is CCCCC1C=CC(=O)/C1=C\C=C\c1ccccc1. The van der Waals surface area contributed by atoms with Crippen LogP contribution in [-0.4, -0.2) is 5.78 Å². The quantitative estimate of drug-likeness (QED) is 0.701. The van der Waals surface area contributed by atoms with Crippen molar-refractivity contribution in [3.63, 3.8) is 0 Å². The van der Waals surface area contributed by atoms with Gasteiger partial charge in [0.05, 0.1) is 0 Å². The summed E-state index contributed by atoms with van der Waals surface area (Å²) in [6.07, 6.45) is 13.2. The second-order valence-corrected chi connectivity index (χ2v) is 4.86. The zero-order valence-electron chi connectivity index (χ0n) is 11.4. The smallest absolute Gasteiger partial charge is 0.182 e. The highest BCUT2D eigenvalue weighted by Gasteiger charge is 2.21. The second-order valence-electron chi connectivity index (χ2n) is 4.86. The van der Waals surface area contributed by atoms with Crippen molar-refractivity contribution < 1.29 is 4.79 Å². The Morgan fingerprint density at radius 3 is 2.74 bits per heavy atom. The summed E-state index contributed by atoms with van der Waals surface area (Å²) < 4.78 is 0. The number of benzene rings is 1. The summed E-state index contributed by atoms with van der Waals surface area (Å²) in [4.78, 5) is 11.8. The number of ketones is 1. The average molecular weight is 252 g/mol. The van der Waals surface area contributed by atoms with Gasteiger partial charge < -0.3 is 0 Å². The molecule has 98 valence electrons. The maximum Gasteiger partial charge on any atom is 0.182 e. The van der Waals surface area contributed by atoms with Crippen molar-refractivity contribution in [2.24, 2.45) is 5.92 Å². The van der Waals surface area contributed by atoms with Crippen molar-refractivity contribution in [3.8, 4) is 0 Å². The minimum Gasteiger partial charge on any atom is -0.290 e. The number of allylic oxidation sites excluding steroid dienone is 5. The van der Waals surface area contributed by atoms with Crippen molar-refractivity contribution in [2.45, 2.75) is 26.2 Å². The first-order valence-corrected chi connectivity index (χ1v) is 6.97. The lowest BCUT2D eigenvalue weighted by molar-refractivity contribution is -0.111. The molecule has 1 atom stereocenters. The van der Waals surface area contributed by atoms with Gasteiger partial charge in [0.1, 0.15) is 0 Å². The fourth-order valence-electron chi connectivity index (χ4n) is 2.29. The van der Waals surface area contributed by atoms with E-state index in [-0.39, 0.29) is 5.78 Å². The van der Waals surface area contributed by atoms with Gasteiger partial charge in [0, 0.05) is 11.5 Å². The molecule has 0 aliphatic heterocycles. The van der Waals surface area contributed by atoms with Crippen LogP contribution in [0.5, 0.6) is 0 Å². The largest absolute Gasteiger partial charge is 0.290 e. The predicted octanol–water partition coefficient (Wildman–Crippen LogP) is 4.57. The molecule has 0 aromatic heterocycles. The molecule has 1 aromatic rings. The third-order valence-corrected chi connectivity index (χ3v) is 3.40. The Kier molecular flexibility index (Phi) is 4.91. The molecule has 1 aliphatic carbocycles. The van der Waals surface area contributed by atoms with E-state index < -0.39 is 0 Å². The van der Waals surface area contributed by atoms with Crippen LogP contribution in [0.3, 0.4) is 0 Å². The van der Waals surface area contributed by atoms with Crippen molar-refractivity contribution in [3.05, 3.63) is 65.8 Å². The number of unbranched alkanes of at least 4 members (excludes halogenated alkanes) is 1. The molecule has 2 rings (SSSR count). The lowest BCUT2D eigenvalue weighted by Gasteiger charge is -2.08. The number of hydrogen-bond acceptors (Lipinski definition) is 1. The zero-order valence-corrected chi connectivity index (χ0v) is 11.4. The number of rotatable bonds is 5. The predicted molar refractivity (Wildman–Crippen MR) is 80.7 cm³/mol. The van der Waals surface area contributed by atoms with Crippen LogP contribution in [0.2, 0.25) is 0 Å². The summed E-state index contributed by atoms with van der Waals surface area (Å²) in [5.74, 6) is 0.478. The number of carbonyl (C=O) groups is 1. The third-order valence-electron chi connectivity index (χ3n) is 3.40. The van der Waals surface area contributed by atoms with Gasteiger partial charge in [-0.1, -0.05) is 74.4 Å². The highest BCUT2D eigenvalue weighted by atomic mass is 16.1. The fourth-order valence-corrected chi connectivity index (χ4v) is 2.29. The fraction of sp³-hybridized carbons (Fsp3) is 0.278. The Balaban J connectivity index is 2.04. The van der Waals surface area contributed by atoms with Gasteiger partial charge in [0.25, 0.3) is 0 Å². The molecule has 1 heteroatoms. The van der Waals surface area contributed by atoms with Gasteiger partial charge in [-0.15, -0.1) is 0 Å². The third kappa shape index (κ3) is 3.78. The average Bonchev–Trinajstić information content (AvgIpc) is 2.79. The molecule has 19 heavy (non-hydrogen) atoms. The molecular weight excluding hydrogens is 232 g/mol. The van der Waals surface area contributed by atoms with Crippen LogP contribution >= 0.6 is 0 Å². The molecule has 1 unspecified atom stereocenters. The zero-order chi connectivity index (χ0) is 13.5. The first-order chi connectivity index (χ1) is 9.31. The van der Waals surface area contributed by atoms with Gasteiger partial charge >= 0.3 is 0 Å². The Morgan fingerprint density at radius 1 is 1.21 bits per heavy atom. The molecule has 0 amide bonds. The second kappa shape index (κ2) is 6.89. The Hall–Kier alpha value is -1.89. The molecule has 0 N–H and O–H groups in total. The maximum absolute atomic E-state index is 11.8. The van der Waals surface area contributed by atoms with E-state index in [4.69, 9.17) is 0 Å². The van der Waals surface area contributed by atoms with Crippen LogP contribution < -0.4 is 0 Å². The van der Waals surface area contributed by atoms with E-state index in [2.05, 4.69) is 19.1 Å². The summed E-state index contributed by atoms with van der Waals surface area (Å²) in [6, 6.07) is 10.1. The van der Waals surface area contributed by atoms with Crippen LogP contribution in [0.15, 0.2) is 60.2 Å². The molecular formula is C18H20O. The van der Waals surface area contributed by atoms with Crippen LogP contribution in [0, 0.1) is 5.92 Å². The first-order valence-electron chi connectivity index (χ1n) is 6.97. The van der Waals surface area contributed by atoms with Crippen LogP contribution in [0.4, 0.5) is 0 Å². The number of hydrogen-bond donors (Lipinski definition) is 0. The maximum atomic E-state index is 11.8. The summed E-state index contributed by atoms with van der Waals surface area (Å²) in [6.45, 7) is 2.18. The summed E-state index contributed by atoms with van der Waals surface area (Å²) in [5, 5.41) is 0. The molecule has 0 bridgehead atoms. The van der Waals surface area contributed by atoms with E-state index in [9.17, 15) is 4.79 Å². The summed E-state index contributed by atoms with van der Waals surface area (Å²) in [5.41, 5.74) is 2.09. The molecule has 0 heterocycles. The summed E-state index contributed by atoms with van der Waals surface area (Å²) in [7, 11) is 0. The van der Waals surface area contributed by atoms with E-state index in [1.54, 1.807) is 6.08 Å². The van der Waals surface area contributed by atoms with E-state index >= 15 is 0 Å². The van der Waals surface area contributed by atoms with E-state index in [0.29, 0.717) is 5.92 Å². The monoisotopic (exact) mass is 252 g/mol. The van der Waals surface area contributed by atoms with Gasteiger partial charge in [-0.25, -0.2) is 0 Å². The molecule has 0 saturated heterocycles. The van der Waals surface area contributed by atoms with Gasteiger partial charge in [-0.2, -0.15) is 0 Å². The van der Waals surface area contributed by atoms with Crippen LogP contribution in [0.1, 0.15) is 31.7 Å². The lowest BCUT2D eigenvalue weighted by atomic mass is 9.95. The van der Waals surface area contributed by atoms with Gasteiger partial charge in [-0.3, -0.25) is 4.79 Å². The highest BCUT2D eigenvalue weighted by Crippen LogP contribution is 2.26. The molecule has 0 radical (unpaired) electrons. The molecule has 0 spiro atoms. The van der Waals surface area contributed by atoms with E-state index in [1.807, 2.05) is 42.5 Å². The van der Waals surface area contributed by atoms with E-state index in [1.165, 1.54) is 12.8 Å². The topological polar surface area (TPSA) is 17.1 Å². The van der Waals surface area contributed by atoms with Crippen LogP contribution in [0.25, 0.3) is 6.08 Å². The van der Waals surface area contributed by atoms with Gasteiger partial charge in [0.15, 0.2) is 5.78 Å². The first kappa shape index (κ1) is 13.5. The van der Waals surface area contributed by atoms with E-state index in [0.717, 1.165) is 17.6 Å². The molecule has 1 aliphatic rings.